The first-order valence-electron chi connectivity index (χ1n) is 6.30. The first kappa shape index (κ1) is 16.5. The number of hydrogen-bond donors (Lipinski definition) is 2. The Morgan fingerprint density at radius 2 is 1.95 bits per heavy atom. The van der Waals surface area contributed by atoms with Gasteiger partial charge in [0.2, 0.25) is 5.91 Å². The van der Waals surface area contributed by atoms with Crippen LogP contribution in [-0.2, 0) is 14.4 Å². The maximum atomic E-state index is 11.7. The summed E-state index contributed by atoms with van der Waals surface area (Å²) < 4.78 is 0.654. The predicted octanol–water partition coefficient (Wildman–Crippen LogP) is 1.20. The molecular weight excluding hydrogens is 374 g/mol. The molecule has 0 bridgehead atoms. The minimum atomic E-state index is -0.831. The number of carbonyl (C=O) groups excluding carboxylic acids is 4. The number of benzene rings is 1. The van der Waals surface area contributed by atoms with Crippen LogP contribution in [0.25, 0.3) is 0 Å². The van der Waals surface area contributed by atoms with Crippen LogP contribution < -0.4 is 10.6 Å². The number of nitrogens with zero attached hydrogens (tertiary/aromatic N) is 1. The molecule has 1 aliphatic heterocycles. The topological polar surface area (TPSA) is 95.6 Å². The highest BCUT2D eigenvalue weighted by Gasteiger charge is 2.29. The molecular formula is C13H12BrN3O4S. The number of halogens is 1. The molecule has 1 saturated heterocycles. The normalized spacial score (nSPS) is 14.1. The van der Waals surface area contributed by atoms with E-state index in [2.05, 4.69) is 26.6 Å². The Hall–Kier alpha value is -1.87. The van der Waals surface area contributed by atoms with Gasteiger partial charge in [-0.2, -0.15) is 0 Å². The van der Waals surface area contributed by atoms with Gasteiger partial charge < -0.3 is 10.6 Å². The van der Waals surface area contributed by atoms with E-state index in [1.54, 1.807) is 24.3 Å². The molecule has 7 nitrogen and oxygen atoms in total. The van der Waals surface area contributed by atoms with Gasteiger partial charge in [-0.05, 0) is 28.1 Å². The van der Waals surface area contributed by atoms with E-state index < -0.39 is 11.8 Å². The van der Waals surface area contributed by atoms with Crippen LogP contribution in [0.3, 0.4) is 0 Å². The summed E-state index contributed by atoms with van der Waals surface area (Å²) in [5.74, 6) is -1.82. The molecule has 1 heterocycles. The minimum absolute atomic E-state index is 0.0280. The van der Waals surface area contributed by atoms with Crippen LogP contribution in [0.1, 0.15) is 0 Å². The van der Waals surface area contributed by atoms with E-state index >= 15 is 0 Å². The Morgan fingerprint density at radius 3 is 2.59 bits per heavy atom. The fourth-order valence-electron chi connectivity index (χ4n) is 1.70. The van der Waals surface area contributed by atoms with Gasteiger partial charge in [0, 0.05) is 17.6 Å². The lowest BCUT2D eigenvalue weighted by molar-refractivity contribution is -0.136. The summed E-state index contributed by atoms with van der Waals surface area (Å²) in [5, 5.41) is 4.49. The Balaban J connectivity index is 1.80. The summed E-state index contributed by atoms with van der Waals surface area (Å²) in [5.41, 5.74) is 0.476. The van der Waals surface area contributed by atoms with Crippen molar-refractivity contribution in [1.29, 1.82) is 0 Å². The average Bonchev–Trinajstić information content (AvgIpc) is 2.81. The Labute approximate surface area is 138 Å². The zero-order chi connectivity index (χ0) is 16.1. The predicted molar refractivity (Wildman–Crippen MR) is 85.3 cm³/mol. The number of thioether (sulfide) groups is 1. The van der Waals surface area contributed by atoms with Gasteiger partial charge in [0.15, 0.2) is 0 Å². The Morgan fingerprint density at radius 1 is 1.23 bits per heavy atom. The van der Waals surface area contributed by atoms with E-state index in [1.807, 2.05) is 0 Å². The van der Waals surface area contributed by atoms with Gasteiger partial charge in [0.25, 0.3) is 5.24 Å². The summed E-state index contributed by atoms with van der Waals surface area (Å²) in [6.07, 6.45) is 0. The van der Waals surface area contributed by atoms with Gasteiger partial charge >= 0.3 is 11.8 Å². The molecule has 4 amide bonds. The molecule has 0 unspecified atom stereocenters. The van der Waals surface area contributed by atoms with Crippen molar-refractivity contribution in [2.45, 2.75) is 0 Å². The summed E-state index contributed by atoms with van der Waals surface area (Å²) in [6.45, 7) is 0.0823. The van der Waals surface area contributed by atoms with Crippen molar-refractivity contribution in [3.8, 4) is 0 Å². The van der Waals surface area contributed by atoms with Gasteiger partial charge in [-0.1, -0.05) is 23.9 Å². The van der Waals surface area contributed by atoms with E-state index in [9.17, 15) is 19.2 Å². The fourth-order valence-corrected chi connectivity index (χ4v) is 2.84. The zero-order valence-corrected chi connectivity index (χ0v) is 13.7. The number of amides is 4. The molecule has 0 radical (unpaired) electrons. The maximum Gasteiger partial charge on any atom is 0.313 e. The second-order valence-corrected chi connectivity index (χ2v) is 6.07. The third-order valence-electron chi connectivity index (χ3n) is 2.79. The number of imide groups is 1. The zero-order valence-electron chi connectivity index (χ0n) is 11.3. The lowest BCUT2D eigenvalue weighted by Gasteiger charge is -2.13. The highest BCUT2D eigenvalue weighted by molar-refractivity contribution is 9.10. The molecule has 0 aliphatic carbocycles. The summed E-state index contributed by atoms with van der Waals surface area (Å²) >= 11 is 4.18. The van der Waals surface area contributed by atoms with Crippen LogP contribution in [0.4, 0.5) is 10.5 Å². The Kier molecular flexibility index (Phi) is 5.56. The van der Waals surface area contributed by atoms with Gasteiger partial charge in [-0.15, -0.1) is 0 Å². The van der Waals surface area contributed by atoms with Crippen molar-refractivity contribution in [3.63, 3.8) is 0 Å². The average molecular weight is 386 g/mol. The quantitative estimate of drug-likeness (QED) is 0.759. The van der Waals surface area contributed by atoms with Gasteiger partial charge in [0.05, 0.1) is 11.4 Å². The number of para-hydroxylation sites is 1. The highest BCUT2D eigenvalue weighted by Crippen LogP contribution is 2.21. The smallest absolute Gasteiger partial charge is 0.313 e. The second-order valence-electron chi connectivity index (χ2n) is 4.29. The first-order chi connectivity index (χ1) is 10.5. The molecule has 0 saturated carbocycles. The number of hydrogen-bond acceptors (Lipinski definition) is 5. The first-order valence-corrected chi connectivity index (χ1v) is 8.07. The molecule has 116 valence electrons. The molecule has 1 aliphatic rings. The highest BCUT2D eigenvalue weighted by atomic mass is 79.9. The third kappa shape index (κ3) is 4.08. The summed E-state index contributed by atoms with van der Waals surface area (Å²) in [6, 6.07) is 6.88. The van der Waals surface area contributed by atoms with Crippen molar-refractivity contribution in [1.82, 2.24) is 10.2 Å². The molecule has 0 aromatic heterocycles. The van der Waals surface area contributed by atoms with Crippen LogP contribution >= 0.6 is 27.7 Å². The standard InChI is InChI=1S/C13H12BrN3O4S/c14-8-3-1-2-4-9(8)16-12(20)11(19)15-5-6-17-10(18)7-22-13(17)21/h1-4H,5-7H2,(H,15,19)(H,16,20). The molecule has 2 rings (SSSR count). The maximum absolute atomic E-state index is 11.7. The van der Waals surface area contributed by atoms with E-state index in [0.717, 1.165) is 16.7 Å². The lowest BCUT2D eigenvalue weighted by Crippen LogP contribution is -2.41. The fraction of sp³-hybridized carbons (Fsp3) is 0.231. The second kappa shape index (κ2) is 7.41. The molecule has 1 aromatic rings. The molecule has 1 aromatic carbocycles. The Bertz CT molecular complexity index is 621. The van der Waals surface area contributed by atoms with E-state index in [1.165, 1.54) is 0 Å². The van der Waals surface area contributed by atoms with Crippen molar-refractivity contribution < 1.29 is 19.2 Å². The summed E-state index contributed by atoms with van der Waals surface area (Å²) in [7, 11) is 0. The van der Waals surface area contributed by atoms with E-state index in [-0.39, 0.29) is 30.0 Å². The SMILES string of the molecule is O=C(NCCN1C(=O)CSC1=O)C(=O)Nc1ccccc1Br. The van der Waals surface area contributed by atoms with Crippen LogP contribution in [0, 0.1) is 0 Å². The molecule has 0 spiro atoms. The van der Waals surface area contributed by atoms with Crippen LogP contribution in [0.15, 0.2) is 28.7 Å². The molecule has 22 heavy (non-hydrogen) atoms. The van der Waals surface area contributed by atoms with Crippen LogP contribution in [0.2, 0.25) is 0 Å². The number of rotatable bonds is 4. The number of nitrogens with one attached hydrogen (secondary N) is 2. The van der Waals surface area contributed by atoms with Crippen molar-refractivity contribution in [2.24, 2.45) is 0 Å². The minimum Gasteiger partial charge on any atom is -0.346 e. The number of anilines is 1. The molecule has 9 heteroatoms. The monoisotopic (exact) mass is 385 g/mol. The van der Waals surface area contributed by atoms with Crippen molar-refractivity contribution in [3.05, 3.63) is 28.7 Å². The number of carbonyl (C=O) groups is 4. The lowest BCUT2D eigenvalue weighted by atomic mass is 10.3. The van der Waals surface area contributed by atoms with Gasteiger partial charge in [-0.25, -0.2) is 0 Å². The third-order valence-corrected chi connectivity index (χ3v) is 4.34. The summed E-state index contributed by atoms with van der Waals surface area (Å²) in [4.78, 5) is 47.1. The molecule has 1 fully saturated rings. The van der Waals surface area contributed by atoms with Gasteiger partial charge in [-0.3, -0.25) is 24.1 Å². The van der Waals surface area contributed by atoms with Crippen molar-refractivity contribution >= 4 is 56.3 Å². The largest absolute Gasteiger partial charge is 0.346 e. The van der Waals surface area contributed by atoms with E-state index in [0.29, 0.717) is 10.2 Å². The van der Waals surface area contributed by atoms with E-state index in [4.69, 9.17) is 0 Å². The van der Waals surface area contributed by atoms with Gasteiger partial charge in [0.1, 0.15) is 0 Å². The molecule has 0 atom stereocenters. The van der Waals surface area contributed by atoms with Crippen LogP contribution in [0.5, 0.6) is 0 Å². The van der Waals surface area contributed by atoms with Crippen LogP contribution in [-0.4, -0.2) is 46.7 Å². The molecule has 2 N–H and O–H groups in total. The van der Waals surface area contributed by atoms with Crippen molar-refractivity contribution in [2.75, 3.05) is 24.2 Å².